The van der Waals surface area contributed by atoms with Crippen molar-refractivity contribution >= 4 is 17.8 Å². The maximum atomic E-state index is 12.1. The van der Waals surface area contributed by atoms with Gasteiger partial charge < -0.3 is 4.90 Å². The molecule has 27 heavy (non-hydrogen) atoms. The molecule has 0 aliphatic carbocycles. The van der Waals surface area contributed by atoms with Crippen molar-refractivity contribution in [1.82, 2.24) is 20.1 Å². The molecule has 0 spiro atoms. The number of nitrogens with zero attached hydrogens (tertiary/aromatic N) is 5. The summed E-state index contributed by atoms with van der Waals surface area (Å²) in [7, 11) is 1.90. The van der Waals surface area contributed by atoms with Crippen molar-refractivity contribution < 1.29 is 4.79 Å². The zero-order valence-electron chi connectivity index (χ0n) is 16.4. The number of carbonyl (C=O) groups is 1. The van der Waals surface area contributed by atoms with E-state index in [2.05, 4.69) is 49.7 Å². The number of hydrazone groups is 1. The predicted octanol–water partition coefficient (Wildman–Crippen LogP) is 1.70. The van der Waals surface area contributed by atoms with Crippen LogP contribution >= 0.6 is 0 Å². The number of hydrogen-bond donors (Lipinski definition) is 1. The van der Waals surface area contributed by atoms with Crippen LogP contribution in [0.15, 0.2) is 35.4 Å². The SMILES string of the molecule is Cc1nn(C)c(C)c1/C=N/NC(=O)CCN1CCN(c2ccccc2)CC1. The van der Waals surface area contributed by atoms with Gasteiger partial charge >= 0.3 is 0 Å². The Balaban J connectivity index is 1.39. The van der Waals surface area contributed by atoms with E-state index in [9.17, 15) is 4.79 Å². The van der Waals surface area contributed by atoms with Gasteiger partial charge in [-0.1, -0.05) is 18.2 Å². The van der Waals surface area contributed by atoms with Crippen LogP contribution in [-0.4, -0.2) is 59.5 Å². The summed E-state index contributed by atoms with van der Waals surface area (Å²) in [5.41, 5.74) is 6.78. The van der Waals surface area contributed by atoms with E-state index in [1.807, 2.05) is 31.6 Å². The Morgan fingerprint density at radius 3 is 2.52 bits per heavy atom. The average molecular weight is 368 g/mol. The highest BCUT2D eigenvalue weighted by Gasteiger charge is 2.17. The molecule has 3 rings (SSSR count). The number of anilines is 1. The summed E-state index contributed by atoms with van der Waals surface area (Å²) < 4.78 is 1.81. The van der Waals surface area contributed by atoms with E-state index in [4.69, 9.17) is 0 Å². The molecule has 0 bridgehead atoms. The summed E-state index contributed by atoms with van der Waals surface area (Å²) in [6.07, 6.45) is 2.13. The summed E-state index contributed by atoms with van der Waals surface area (Å²) in [5, 5.41) is 8.42. The topological polar surface area (TPSA) is 65.8 Å². The third kappa shape index (κ3) is 4.95. The van der Waals surface area contributed by atoms with Crippen LogP contribution in [0.2, 0.25) is 0 Å². The van der Waals surface area contributed by atoms with Gasteiger partial charge in [-0.15, -0.1) is 0 Å². The molecule has 1 aliphatic rings. The zero-order valence-corrected chi connectivity index (χ0v) is 16.4. The average Bonchev–Trinajstić information content (AvgIpc) is 2.93. The maximum absolute atomic E-state index is 12.1. The Labute approximate surface area is 160 Å². The standard InChI is InChI=1S/C20H28N6O/c1-16-19(17(2)24(3)23-16)15-21-22-20(27)9-10-25-11-13-26(14-12-25)18-7-5-4-6-8-18/h4-8,15H,9-14H2,1-3H3,(H,22,27)/b21-15+. The van der Waals surface area contributed by atoms with E-state index >= 15 is 0 Å². The van der Waals surface area contributed by atoms with Gasteiger partial charge in [0, 0.05) is 63.1 Å². The van der Waals surface area contributed by atoms with Gasteiger partial charge in [-0.05, 0) is 26.0 Å². The highest BCUT2D eigenvalue weighted by atomic mass is 16.2. The van der Waals surface area contributed by atoms with Gasteiger partial charge in [0.15, 0.2) is 0 Å². The Bertz CT molecular complexity index is 790. The molecule has 7 heteroatoms. The Hall–Kier alpha value is -2.67. The fourth-order valence-electron chi connectivity index (χ4n) is 3.33. The number of amides is 1. The molecular weight excluding hydrogens is 340 g/mol. The lowest BCUT2D eigenvalue weighted by Gasteiger charge is -2.36. The number of piperazine rings is 1. The quantitative estimate of drug-likeness (QED) is 0.623. The van der Waals surface area contributed by atoms with Crippen molar-refractivity contribution in [3.8, 4) is 0 Å². The number of rotatable bonds is 6. The third-order valence-electron chi connectivity index (χ3n) is 5.10. The number of aromatic nitrogens is 2. The van der Waals surface area contributed by atoms with E-state index < -0.39 is 0 Å². The van der Waals surface area contributed by atoms with Crippen LogP contribution in [0.4, 0.5) is 5.69 Å². The number of benzene rings is 1. The van der Waals surface area contributed by atoms with Crippen LogP contribution in [0, 0.1) is 13.8 Å². The molecule has 7 nitrogen and oxygen atoms in total. The van der Waals surface area contributed by atoms with Crippen molar-refractivity contribution in [1.29, 1.82) is 0 Å². The number of para-hydroxylation sites is 1. The summed E-state index contributed by atoms with van der Waals surface area (Å²) >= 11 is 0. The fraction of sp³-hybridized carbons (Fsp3) is 0.450. The van der Waals surface area contributed by atoms with Crippen LogP contribution in [0.25, 0.3) is 0 Å². The van der Waals surface area contributed by atoms with Crippen molar-refractivity contribution in [3.05, 3.63) is 47.3 Å². The molecule has 1 fully saturated rings. The van der Waals surface area contributed by atoms with Crippen molar-refractivity contribution in [2.75, 3.05) is 37.6 Å². The normalized spacial score (nSPS) is 15.4. The minimum atomic E-state index is -0.0593. The van der Waals surface area contributed by atoms with Gasteiger partial charge in [0.25, 0.3) is 0 Å². The Morgan fingerprint density at radius 1 is 1.19 bits per heavy atom. The van der Waals surface area contributed by atoms with Gasteiger partial charge in [-0.3, -0.25) is 14.4 Å². The lowest BCUT2D eigenvalue weighted by Crippen LogP contribution is -2.47. The molecule has 0 radical (unpaired) electrons. The second-order valence-corrected chi connectivity index (χ2v) is 6.92. The largest absolute Gasteiger partial charge is 0.369 e. The van der Waals surface area contributed by atoms with Crippen molar-refractivity contribution in [2.45, 2.75) is 20.3 Å². The number of carbonyl (C=O) groups excluding carboxylic acids is 1. The molecule has 0 unspecified atom stereocenters. The molecule has 144 valence electrons. The highest BCUT2D eigenvalue weighted by Crippen LogP contribution is 2.15. The molecule has 1 aromatic heterocycles. The number of aryl methyl sites for hydroxylation is 2. The molecule has 1 aromatic carbocycles. The van der Waals surface area contributed by atoms with Crippen LogP contribution in [0.3, 0.4) is 0 Å². The molecule has 1 aliphatic heterocycles. The first kappa shape index (κ1) is 19.1. The molecule has 0 atom stereocenters. The van der Waals surface area contributed by atoms with Crippen LogP contribution in [-0.2, 0) is 11.8 Å². The van der Waals surface area contributed by atoms with E-state index in [0.717, 1.165) is 49.7 Å². The van der Waals surface area contributed by atoms with Gasteiger partial charge in [-0.2, -0.15) is 10.2 Å². The zero-order chi connectivity index (χ0) is 19.2. The molecular formula is C20H28N6O. The van der Waals surface area contributed by atoms with E-state index in [0.29, 0.717) is 6.42 Å². The molecule has 0 saturated carbocycles. The summed E-state index contributed by atoms with van der Waals surface area (Å²) in [4.78, 5) is 16.8. The van der Waals surface area contributed by atoms with Gasteiger partial charge in [-0.25, -0.2) is 5.43 Å². The van der Waals surface area contributed by atoms with E-state index in [-0.39, 0.29) is 5.91 Å². The number of hydrogen-bond acceptors (Lipinski definition) is 5. The first-order valence-corrected chi connectivity index (χ1v) is 9.39. The molecule has 1 amide bonds. The van der Waals surface area contributed by atoms with E-state index in [1.165, 1.54) is 5.69 Å². The molecule has 2 heterocycles. The lowest BCUT2D eigenvalue weighted by molar-refractivity contribution is -0.121. The smallest absolute Gasteiger partial charge is 0.241 e. The predicted molar refractivity (Wildman–Crippen MR) is 108 cm³/mol. The minimum absolute atomic E-state index is 0.0593. The molecule has 2 aromatic rings. The van der Waals surface area contributed by atoms with Crippen LogP contribution in [0.5, 0.6) is 0 Å². The molecule has 1 saturated heterocycles. The molecule has 1 N–H and O–H groups in total. The van der Waals surface area contributed by atoms with Crippen LogP contribution in [0.1, 0.15) is 23.4 Å². The minimum Gasteiger partial charge on any atom is -0.369 e. The van der Waals surface area contributed by atoms with Gasteiger partial charge in [0.1, 0.15) is 0 Å². The summed E-state index contributed by atoms with van der Waals surface area (Å²) in [6.45, 7) is 8.60. The summed E-state index contributed by atoms with van der Waals surface area (Å²) in [6, 6.07) is 10.5. The van der Waals surface area contributed by atoms with Crippen molar-refractivity contribution in [2.24, 2.45) is 12.1 Å². The highest BCUT2D eigenvalue weighted by molar-refractivity contribution is 5.84. The maximum Gasteiger partial charge on any atom is 0.241 e. The monoisotopic (exact) mass is 368 g/mol. The first-order valence-electron chi connectivity index (χ1n) is 9.39. The van der Waals surface area contributed by atoms with E-state index in [1.54, 1.807) is 6.21 Å². The second-order valence-electron chi connectivity index (χ2n) is 6.92. The lowest BCUT2D eigenvalue weighted by atomic mass is 10.2. The number of nitrogens with one attached hydrogen (secondary N) is 1. The fourth-order valence-corrected chi connectivity index (χ4v) is 3.33. The van der Waals surface area contributed by atoms with Gasteiger partial charge in [0.2, 0.25) is 5.91 Å². The summed E-state index contributed by atoms with van der Waals surface area (Å²) in [5.74, 6) is -0.0593. The second kappa shape index (κ2) is 8.81. The Morgan fingerprint density at radius 2 is 1.89 bits per heavy atom. The Kier molecular flexibility index (Phi) is 6.24. The first-order chi connectivity index (χ1) is 13.0. The van der Waals surface area contributed by atoms with Gasteiger partial charge in [0.05, 0.1) is 11.9 Å². The van der Waals surface area contributed by atoms with Crippen LogP contribution < -0.4 is 10.3 Å². The van der Waals surface area contributed by atoms with Crippen molar-refractivity contribution in [3.63, 3.8) is 0 Å². The third-order valence-corrected chi connectivity index (χ3v) is 5.10.